The third-order valence-corrected chi connectivity index (χ3v) is 4.09. The lowest BCUT2D eigenvalue weighted by molar-refractivity contribution is -0.213. The van der Waals surface area contributed by atoms with Crippen LogP contribution in [0.15, 0.2) is 0 Å². The fourth-order valence-electron chi connectivity index (χ4n) is 3.22. The molecule has 3 fully saturated rings. The van der Waals surface area contributed by atoms with E-state index in [1.54, 1.807) is 0 Å². The Labute approximate surface area is 103 Å². The molecule has 0 saturated carbocycles. The van der Waals surface area contributed by atoms with Crippen molar-refractivity contribution < 1.29 is 9.47 Å². The van der Waals surface area contributed by atoms with E-state index in [4.69, 9.17) is 9.47 Å². The van der Waals surface area contributed by atoms with Crippen molar-refractivity contribution in [1.82, 2.24) is 15.5 Å². The second-order valence-electron chi connectivity index (χ2n) is 5.12. The van der Waals surface area contributed by atoms with Gasteiger partial charge in [-0.2, -0.15) is 0 Å². The molecular weight excluding hydrogens is 218 g/mol. The maximum atomic E-state index is 5.96. The van der Waals surface area contributed by atoms with Crippen molar-refractivity contribution in [3.8, 4) is 0 Å². The SMILES string of the molecule is C1CNCCN(C2CNCCC23OCCO3)C1. The van der Waals surface area contributed by atoms with Crippen LogP contribution >= 0.6 is 0 Å². The monoisotopic (exact) mass is 241 g/mol. The molecule has 3 rings (SSSR count). The largest absolute Gasteiger partial charge is 0.346 e. The van der Waals surface area contributed by atoms with E-state index in [9.17, 15) is 0 Å². The Hall–Kier alpha value is -0.200. The van der Waals surface area contributed by atoms with Crippen molar-refractivity contribution in [1.29, 1.82) is 0 Å². The van der Waals surface area contributed by atoms with Gasteiger partial charge in [-0.05, 0) is 19.5 Å². The summed E-state index contributed by atoms with van der Waals surface area (Å²) in [6, 6.07) is 0.374. The number of ether oxygens (including phenoxy) is 2. The highest BCUT2D eigenvalue weighted by atomic mass is 16.7. The van der Waals surface area contributed by atoms with E-state index in [1.807, 2.05) is 0 Å². The molecule has 0 bridgehead atoms. The second kappa shape index (κ2) is 5.20. The Morgan fingerprint density at radius 3 is 2.76 bits per heavy atom. The Bertz CT molecular complexity index is 248. The molecule has 3 heterocycles. The van der Waals surface area contributed by atoms with E-state index in [0.717, 1.165) is 58.9 Å². The number of nitrogens with one attached hydrogen (secondary N) is 2. The van der Waals surface area contributed by atoms with E-state index in [1.165, 1.54) is 6.42 Å². The summed E-state index contributed by atoms with van der Waals surface area (Å²) in [4.78, 5) is 2.54. The zero-order valence-electron chi connectivity index (χ0n) is 10.4. The Balaban J connectivity index is 1.73. The minimum absolute atomic E-state index is 0.324. The van der Waals surface area contributed by atoms with Crippen LogP contribution in [0.4, 0.5) is 0 Å². The zero-order valence-corrected chi connectivity index (χ0v) is 10.4. The lowest BCUT2D eigenvalue weighted by atomic mass is 9.97. The molecule has 98 valence electrons. The first kappa shape index (κ1) is 11.9. The summed E-state index contributed by atoms with van der Waals surface area (Å²) in [5, 5.41) is 6.93. The quantitative estimate of drug-likeness (QED) is 0.641. The van der Waals surface area contributed by atoms with Crippen molar-refractivity contribution in [2.45, 2.75) is 24.7 Å². The molecule has 3 saturated heterocycles. The van der Waals surface area contributed by atoms with Crippen LogP contribution in [-0.2, 0) is 9.47 Å². The highest BCUT2D eigenvalue weighted by Crippen LogP contribution is 2.32. The van der Waals surface area contributed by atoms with Crippen molar-refractivity contribution in [2.75, 3.05) is 52.5 Å². The molecule has 1 atom stereocenters. The van der Waals surface area contributed by atoms with Crippen LogP contribution in [0.25, 0.3) is 0 Å². The van der Waals surface area contributed by atoms with Gasteiger partial charge in [0.2, 0.25) is 0 Å². The lowest BCUT2D eigenvalue weighted by Gasteiger charge is -2.45. The third-order valence-electron chi connectivity index (χ3n) is 4.09. The van der Waals surface area contributed by atoms with Gasteiger partial charge in [-0.1, -0.05) is 0 Å². The van der Waals surface area contributed by atoms with E-state index in [0.29, 0.717) is 6.04 Å². The molecule has 0 amide bonds. The van der Waals surface area contributed by atoms with Gasteiger partial charge in [-0.3, -0.25) is 4.90 Å². The number of rotatable bonds is 1. The number of hydrogen-bond donors (Lipinski definition) is 2. The van der Waals surface area contributed by atoms with Crippen molar-refractivity contribution >= 4 is 0 Å². The van der Waals surface area contributed by atoms with Crippen LogP contribution in [0.3, 0.4) is 0 Å². The molecule has 17 heavy (non-hydrogen) atoms. The van der Waals surface area contributed by atoms with E-state index in [2.05, 4.69) is 15.5 Å². The third kappa shape index (κ3) is 2.35. The normalized spacial score (nSPS) is 34.9. The van der Waals surface area contributed by atoms with Gasteiger partial charge in [0, 0.05) is 32.6 Å². The molecule has 2 N–H and O–H groups in total. The van der Waals surface area contributed by atoms with Crippen LogP contribution in [0.1, 0.15) is 12.8 Å². The summed E-state index contributed by atoms with van der Waals surface area (Å²) in [6.07, 6.45) is 2.19. The highest BCUT2D eigenvalue weighted by Gasteiger charge is 2.48. The molecule has 0 radical (unpaired) electrons. The predicted molar refractivity (Wildman–Crippen MR) is 65.0 cm³/mol. The summed E-state index contributed by atoms with van der Waals surface area (Å²) in [7, 11) is 0. The average Bonchev–Trinajstić information content (AvgIpc) is 2.66. The van der Waals surface area contributed by atoms with Gasteiger partial charge in [0.15, 0.2) is 5.79 Å². The smallest absolute Gasteiger partial charge is 0.186 e. The zero-order chi connectivity index (χ0) is 11.6. The van der Waals surface area contributed by atoms with E-state index in [-0.39, 0.29) is 5.79 Å². The van der Waals surface area contributed by atoms with E-state index >= 15 is 0 Å². The van der Waals surface area contributed by atoms with Crippen LogP contribution in [0.5, 0.6) is 0 Å². The summed E-state index contributed by atoms with van der Waals surface area (Å²) in [5.41, 5.74) is 0. The van der Waals surface area contributed by atoms with Crippen molar-refractivity contribution in [3.63, 3.8) is 0 Å². The summed E-state index contributed by atoms with van der Waals surface area (Å²) < 4.78 is 11.9. The number of piperidine rings is 1. The van der Waals surface area contributed by atoms with Gasteiger partial charge >= 0.3 is 0 Å². The lowest BCUT2D eigenvalue weighted by Crippen LogP contribution is -2.62. The first-order valence-electron chi connectivity index (χ1n) is 6.84. The minimum atomic E-state index is -0.324. The molecule has 0 aromatic heterocycles. The first-order valence-corrected chi connectivity index (χ1v) is 6.84. The fourth-order valence-corrected chi connectivity index (χ4v) is 3.22. The molecule has 0 aliphatic carbocycles. The Morgan fingerprint density at radius 1 is 1.00 bits per heavy atom. The average molecular weight is 241 g/mol. The van der Waals surface area contributed by atoms with Gasteiger partial charge in [0.25, 0.3) is 0 Å². The molecule has 5 nitrogen and oxygen atoms in total. The molecule has 1 spiro atoms. The van der Waals surface area contributed by atoms with Crippen LogP contribution in [0.2, 0.25) is 0 Å². The minimum Gasteiger partial charge on any atom is -0.346 e. The Morgan fingerprint density at radius 2 is 1.88 bits per heavy atom. The summed E-state index contributed by atoms with van der Waals surface area (Å²) in [5.74, 6) is -0.324. The topological polar surface area (TPSA) is 45.8 Å². The maximum Gasteiger partial charge on any atom is 0.186 e. The fraction of sp³-hybridized carbons (Fsp3) is 1.00. The highest BCUT2D eigenvalue weighted by molar-refractivity contribution is 4.96. The molecule has 5 heteroatoms. The number of nitrogens with zero attached hydrogens (tertiary/aromatic N) is 1. The standard InChI is InChI=1S/C12H23N3O2/c1-3-13-5-7-15(6-1)11-10-14-4-2-12(11)16-8-9-17-12/h11,13-14H,1-10H2. The number of hydrogen-bond acceptors (Lipinski definition) is 5. The predicted octanol–water partition coefficient (Wildman–Crippen LogP) is -0.613. The van der Waals surface area contributed by atoms with Gasteiger partial charge in [0.1, 0.15) is 0 Å². The van der Waals surface area contributed by atoms with Gasteiger partial charge in [-0.15, -0.1) is 0 Å². The maximum absolute atomic E-state index is 5.96. The molecule has 0 aromatic carbocycles. The van der Waals surface area contributed by atoms with Crippen molar-refractivity contribution in [3.05, 3.63) is 0 Å². The molecule has 3 aliphatic heterocycles. The van der Waals surface area contributed by atoms with Crippen LogP contribution in [0, 0.1) is 0 Å². The van der Waals surface area contributed by atoms with Gasteiger partial charge < -0.3 is 20.1 Å². The second-order valence-corrected chi connectivity index (χ2v) is 5.12. The first-order chi connectivity index (χ1) is 8.41. The summed E-state index contributed by atoms with van der Waals surface area (Å²) in [6.45, 7) is 7.94. The van der Waals surface area contributed by atoms with Crippen molar-refractivity contribution in [2.24, 2.45) is 0 Å². The van der Waals surface area contributed by atoms with Gasteiger partial charge in [-0.25, -0.2) is 0 Å². The van der Waals surface area contributed by atoms with Crippen LogP contribution in [-0.4, -0.2) is 69.2 Å². The van der Waals surface area contributed by atoms with E-state index < -0.39 is 0 Å². The van der Waals surface area contributed by atoms with Gasteiger partial charge in [0.05, 0.1) is 19.3 Å². The molecule has 3 aliphatic rings. The molecular formula is C12H23N3O2. The summed E-state index contributed by atoms with van der Waals surface area (Å²) >= 11 is 0. The Kier molecular flexibility index (Phi) is 3.63. The van der Waals surface area contributed by atoms with Crippen LogP contribution < -0.4 is 10.6 Å². The molecule has 1 unspecified atom stereocenters. The molecule has 0 aromatic rings.